The number of esters is 1. The predicted molar refractivity (Wildman–Crippen MR) is 138 cm³/mol. The zero-order chi connectivity index (χ0) is 24.5. The van der Waals surface area contributed by atoms with Gasteiger partial charge < -0.3 is 19.5 Å². The summed E-state index contributed by atoms with van der Waals surface area (Å²) >= 11 is 5.23. The molecule has 0 saturated carbocycles. The minimum absolute atomic E-state index is 0.0427. The van der Waals surface area contributed by atoms with Crippen molar-refractivity contribution in [2.24, 2.45) is 0 Å². The molecule has 1 aliphatic carbocycles. The van der Waals surface area contributed by atoms with Gasteiger partial charge in [-0.2, -0.15) is 0 Å². The number of halogens is 1. The number of ketones is 1. The van der Waals surface area contributed by atoms with Crippen molar-refractivity contribution in [3.8, 4) is 5.75 Å². The summed E-state index contributed by atoms with van der Waals surface area (Å²) in [6.45, 7) is 2.78. The average Bonchev–Trinajstić information content (AvgIpc) is 3.56. The predicted octanol–water partition coefficient (Wildman–Crippen LogP) is 5.60. The fourth-order valence-electron chi connectivity index (χ4n) is 5.30. The highest BCUT2D eigenvalue weighted by atomic mass is 79.9. The monoisotopic (exact) mass is 557 g/mol. The van der Waals surface area contributed by atoms with Crippen LogP contribution in [0.4, 0.5) is 0 Å². The van der Waals surface area contributed by atoms with Crippen LogP contribution in [0.25, 0.3) is 0 Å². The zero-order valence-electron chi connectivity index (χ0n) is 19.8. The molecule has 1 fully saturated rings. The van der Waals surface area contributed by atoms with Crippen molar-refractivity contribution in [1.82, 2.24) is 5.32 Å². The molecule has 1 aromatic carbocycles. The van der Waals surface area contributed by atoms with Gasteiger partial charge in [0.1, 0.15) is 12.4 Å². The van der Waals surface area contributed by atoms with Gasteiger partial charge in [-0.05, 0) is 55.8 Å². The van der Waals surface area contributed by atoms with E-state index in [1.165, 1.54) is 4.88 Å². The molecule has 3 aliphatic rings. The summed E-state index contributed by atoms with van der Waals surface area (Å²) in [7, 11) is 1.60. The number of ether oxygens (including phenoxy) is 3. The van der Waals surface area contributed by atoms with Crippen LogP contribution in [0.2, 0.25) is 0 Å². The summed E-state index contributed by atoms with van der Waals surface area (Å²) in [5, 5.41) is 5.45. The maximum atomic E-state index is 13.7. The van der Waals surface area contributed by atoms with E-state index in [0.29, 0.717) is 42.0 Å². The number of Topliss-reactive ketones (excluding diaryl/α,β-unsaturated/α-hetero) is 1. The fourth-order valence-corrected chi connectivity index (χ4v) is 6.51. The Balaban J connectivity index is 1.56. The van der Waals surface area contributed by atoms with Gasteiger partial charge in [-0.25, -0.2) is 4.79 Å². The number of hydrogen-bond acceptors (Lipinski definition) is 7. The van der Waals surface area contributed by atoms with Crippen LogP contribution in [-0.2, 0) is 19.1 Å². The highest BCUT2D eigenvalue weighted by Gasteiger charge is 2.42. The lowest BCUT2D eigenvalue weighted by Gasteiger charge is -2.37. The summed E-state index contributed by atoms with van der Waals surface area (Å²) in [5.41, 5.74) is 3.42. The van der Waals surface area contributed by atoms with Crippen molar-refractivity contribution in [2.75, 3.05) is 20.3 Å². The normalized spacial score (nSPS) is 24.3. The minimum atomic E-state index is -0.576. The molecule has 35 heavy (non-hydrogen) atoms. The van der Waals surface area contributed by atoms with E-state index in [9.17, 15) is 9.59 Å². The maximum absolute atomic E-state index is 13.7. The standard InChI is InChI=1S/C27H28BrNO5S/c1-15-24(27(31)34-14-18-5-3-9-33-18)25(19-13-17(28)7-8-22(19)32-2)26-20(29-15)11-16(12-21(26)30)23-6-4-10-35-23/h4,6-8,10,13,16,18,25,29H,3,5,9,11-12,14H2,1-2H3/t16-,18-,25+/m0/s1. The van der Waals surface area contributed by atoms with E-state index in [4.69, 9.17) is 14.2 Å². The van der Waals surface area contributed by atoms with E-state index >= 15 is 0 Å². The third kappa shape index (κ3) is 4.84. The van der Waals surface area contributed by atoms with Gasteiger partial charge in [0.15, 0.2) is 5.78 Å². The second-order valence-corrected chi connectivity index (χ2v) is 11.0. The van der Waals surface area contributed by atoms with E-state index in [0.717, 1.165) is 28.6 Å². The van der Waals surface area contributed by atoms with Gasteiger partial charge in [0, 0.05) is 50.8 Å². The molecule has 1 aromatic heterocycles. The van der Waals surface area contributed by atoms with Crippen molar-refractivity contribution >= 4 is 39.0 Å². The Morgan fingerprint density at radius 3 is 2.86 bits per heavy atom. The number of hydrogen-bond donors (Lipinski definition) is 1. The number of nitrogens with one attached hydrogen (secondary N) is 1. The average molecular weight is 558 g/mol. The maximum Gasteiger partial charge on any atom is 0.336 e. The van der Waals surface area contributed by atoms with Crippen LogP contribution in [0.15, 0.2) is 62.7 Å². The third-order valence-electron chi connectivity index (χ3n) is 6.92. The second kappa shape index (κ2) is 10.3. The zero-order valence-corrected chi connectivity index (χ0v) is 22.2. The van der Waals surface area contributed by atoms with E-state index in [1.807, 2.05) is 36.6 Å². The van der Waals surface area contributed by atoms with Crippen LogP contribution in [0.3, 0.4) is 0 Å². The van der Waals surface area contributed by atoms with Gasteiger partial charge >= 0.3 is 5.97 Å². The van der Waals surface area contributed by atoms with Crippen molar-refractivity contribution < 1.29 is 23.8 Å². The molecule has 3 atom stereocenters. The quantitative estimate of drug-likeness (QED) is 0.466. The number of benzene rings is 1. The highest BCUT2D eigenvalue weighted by molar-refractivity contribution is 9.10. The summed E-state index contributed by atoms with van der Waals surface area (Å²) in [5.74, 6) is -0.220. The topological polar surface area (TPSA) is 73.9 Å². The lowest BCUT2D eigenvalue weighted by molar-refractivity contribution is -0.142. The molecule has 3 heterocycles. The second-order valence-electron chi connectivity index (χ2n) is 9.15. The van der Waals surface area contributed by atoms with Gasteiger partial charge in [0.2, 0.25) is 0 Å². The van der Waals surface area contributed by atoms with Crippen molar-refractivity contribution in [3.05, 3.63) is 73.2 Å². The van der Waals surface area contributed by atoms with Crippen LogP contribution in [0.1, 0.15) is 54.9 Å². The molecule has 0 amide bonds. The number of carbonyl (C=O) groups is 2. The molecule has 1 saturated heterocycles. The largest absolute Gasteiger partial charge is 0.496 e. The van der Waals surface area contributed by atoms with Gasteiger partial charge in [0.25, 0.3) is 0 Å². The summed E-state index contributed by atoms with van der Waals surface area (Å²) < 4.78 is 17.9. The van der Waals surface area contributed by atoms with E-state index < -0.39 is 11.9 Å². The lowest BCUT2D eigenvalue weighted by Crippen LogP contribution is -2.36. The molecule has 184 valence electrons. The van der Waals surface area contributed by atoms with Crippen LogP contribution in [0.5, 0.6) is 5.75 Å². The Bertz CT molecular complexity index is 1200. The number of dihydropyridines is 1. The highest BCUT2D eigenvalue weighted by Crippen LogP contribution is 2.48. The number of carbonyl (C=O) groups excluding carboxylic acids is 2. The Morgan fingerprint density at radius 2 is 2.14 bits per heavy atom. The summed E-state index contributed by atoms with van der Waals surface area (Å²) in [6.07, 6.45) is 2.90. The van der Waals surface area contributed by atoms with Gasteiger partial charge in [-0.15, -0.1) is 11.3 Å². The van der Waals surface area contributed by atoms with Crippen molar-refractivity contribution in [3.63, 3.8) is 0 Å². The Hall–Kier alpha value is -2.42. The van der Waals surface area contributed by atoms with E-state index in [1.54, 1.807) is 18.4 Å². The van der Waals surface area contributed by atoms with E-state index in [-0.39, 0.29) is 24.4 Å². The number of thiophene rings is 1. The molecule has 0 unspecified atom stereocenters. The molecular formula is C27H28BrNO5S. The number of rotatable bonds is 6. The van der Waals surface area contributed by atoms with Gasteiger partial charge in [-0.1, -0.05) is 22.0 Å². The molecule has 0 bridgehead atoms. The minimum Gasteiger partial charge on any atom is -0.496 e. The summed E-state index contributed by atoms with van der Waals surface area (Å²) in [4.78, 5) is 28.4. The first kappa shape index (κ1) is 24.3. The molecule has 0 radical (unpaired) electrons. The van der Waals surface area contributed by atoms with Crippen molar-refractivity contribution in [2.45, 2.75) is 50.5 Å². The molecule has 1 N–H and O–H groups in total. The number of methoxy groups -OCH3 is 1. The summed E-state index contributed by atoms with van der Waals surface area (Å²) in [6, 6.07) is 9.78. The van der Waals surface area contributed by atoms with Crippen LogP contribution in [-0.4, -0.2) is 38.2 Å². The first-order chi connectivity index (χ1) is 17.0. The first-order valence-electron chi connectivity index (χ1n) is 11.9. The van der Waals surface area contributed by atoms with Crippen LogP contribution < -0.4 is 10.1 Å². The molecular weight excluding hydrogens is 530 g/mol. The SMILES string of the molecule is COc1ccc(Br)cc1[C@@H]1C(C(=O)OC[C@@H]2CCCO2)=C(C)NC2=C1C(=O)C[C@@H](c1cccs1)C2. The molecule has 8 heteroatoms. The fraction of sp³-hybridized carbons (Fsp3) is 0.407. The molecule has 6 nitrogen and oxygen atoms in total. The smallest absolute Gasteiger partial charge is 0.336 e. The van der Waals surface area contributed by atoms with Gasteiger partial charge in [0.05, 0.1) is 24.7 Å². The number of allylic oxidation sites excluding steroid dienone is 3. The third-order valence-corrected chi connectivity index (χ3v) is 8.45. The lowest BCUT2D eigenvalue weighted by atomic mass is 9.72. The van der Waals surface area contributed by atoms with Crippen molar-refractivity contribution in [1.29, 1.82) is 0 Å². The Labute approximate surface area is 217 Å². The van der Waals surface area contributed by atoms with Crippen LogP contribution >= 0.6 is 27.3 Å². The Morgan fingerprint density at radius 1 is 1.29 bits per heavy atom. The molecule has 2 aliphatic heterocycles. The van der Waals surface area contributed by atoms with Crippen LogP contribution in [0, 0.1) is 0 Å². The van der Waals surface area contributed by atoms with Gasteiger partial charge in [-0.3, -0.25) is 4.79 Å². The molecule has 2 aromatic rings. The first-order valence-corrected chi connectivity index (χ1v) is 13.5. The molecule has 0 spiro atoms. The van der Waals surface area contributed by atoms with E-state index in [2.05, 4.69) is 27.3 Å². The Kier molecular flexibility index (Phi) is 7.14. The molecule has 5 rings (SSSR count).